The molecule has 0 saturated carbocycles. The van der Waals surface area contributed by atoms with Gasteiger partial charge >= 0.3 is 0 Å². The number of nitrogens with zero attached hydrogens (tertiary/aromatic N) is 1. The number of halogens is 2. The third kappa shape index (κ3) is 6.58. The van der Waals surface area contributed by atoms with Crippen LogP contribution in [0.3, 0.4) is 0 Å². The molecule has 26 heavy (non-hydrogen) atoms. The Morgan fingerprint density at radius 3 is 2.73 bits per heavy atom. The Bertz CT molecular complexity index is 766. The lowest BCUT2D eigenvalue weighted by molar-refractivity contribution is -0.123. The lowest BCUT2D eigenvalue weighted by atomic mass is 10.2. The largest absolute Gasteiger partial charge is 0.493 e. The minimum absolute atomic E-state index is 0.215. The van der Waals surface area contributed by atoms with E-state index in [-0.39, 0.29) is 6.61 Å². The average molecular weight is 395 g/mol. The Labute approximate surface area is 162 Å². The number of unbranched alkanes of at least 4 members (excludes halogenated alkanes) is 1. The first kappa shape index (κ1) is 20.1. The number of hydrogen-bond acceptors (Lipinski definition) is 4. The summed E-state index contributed by atoms with van der Waals surface area (Å²) in [6.07, 6.45) is 3.57. The van der Waals surface area contributed by atoms with Gasteiger partial charge in [-0.3, -0.25) is 4.79 Å². The summed E-state index contributed by atoms with van der Waals surface area (Å²) < 4.78 is 11.1. The van der Waals surface area contributed by atoms with Crippen molar-refractivity contribution in [2.45, 2.75) is 19.8 Å². The molecule has 0 heterocycles. The van der Waals surface area contributed by atoms with Crippen molar-refractivity contribution < 1.29 is 14.3 Å². The molecule has 0 aromatic heterocycles. The van der Waals surface area contributed by atoms with Crippen LogP contribution < -0.4 is 14.9 Å². The van der Waals surface area contributed by atoms with Gasteiger partial charge in [0.1, 0.15) is 11.5 Å². The number of rotatable bonds is 9. The number of carbonyl (C=O) groups excluding carboxylic acids is 1. The molecule has 138 valence electrons. The van der Waals surface area contributed by atoms with Gasteiger partial charge in [0.25, 0.3) is 5.91 Å². The Kier molecular flexibility index (Phi) is 8.25. The van der Waals surface area contributed by atoms with Crippen molar-refractivity contribution in [3.63, 3.8) is 0 Å². The van der Waals surface area contributed by atoms with E-state index in [4.69, 9.17) is 32.7 Å². The summed E-state index contributed by atoms with van der Waals surface area (Å²) in [5.74, 6) is 0.699. The molecule has 1 amide bonds. The number of amides is 1. The first-order valence-corrected chi connectivity index (χ1v) is 8.97. The van der Waals surface area contributed by atoms with E-state index in [2.05, 4.69) is 17.5 Å². The number of ether oxygens (including phenoxy) is 2. The van der Waals surface area contributed by atoms with Crippen LogP contribution in [0, 0.1) is 0 Å². The van der Waals surface area contributed by atoms with E-state index < -0.39 is 5.91 Å². The van der Waals surface area contributed by atoms with E-state index in [1.54, 1.807) is 18.2 Å². The second-order valence-electron chi connectivity index (χ2n) is 5.40. The molecule has 1 N–H and O–H groups in total. The molecule has 0 atom stereocenters. The smallest absolute Gasteiger partial charge is 0.277 e. The molecule has 0 aliphatic rings. The minimum atomic E-state index is -0.406. The van der Waals surface area contributed by atoms with Crippen LogP contribution in [0.25, 0.3) is 0 Å². The molecule has 0 fully saturated rings. The van der Waals surface area contributed by atoms with Crippen LogP contribution in [-0.2, 0) is 4.79 Å². The topological polar surface area (TPSA) is 59.9 Å². The van der Waals surface area contributed by atoms with Crippen molar-refractivity contribution in [1.29, 1.82) is 0 Å². The minimum Gasteiger partial charge on any atom is -0.493 e. The van der Waals surface area contributed by atoms with Crippen LogP contribution >= 0.6 is 23.2 Å². The Morgan fingerprint density at radius 1 is 1.15 bits per heavy atom. The molecule has 0 aliphatic heterocycles. The van der Waals surface area contributed by atoms with E-state index in [0.717, 1.165) is 24.2 Å². The third-order valence-corrected chi connectivity index (χ3v) is 3.85. The molecule has 0 unspecified atom stereocenters. The standard InChI is InChI=1S/C19H20Cl2N2O3/c1-2-3-10-25-17-7-5-4-6-14(17)12-22-23-19(24)13-26-18-9-8-15(20)11-16(18)21/h4-9,11-12H,2-3,10,13H2,1H3,(H,23,24)/b22-12+. The Morgan fingerprint density at radius 2 is 1.96 bits per heavy atom. The normalized spacial score (nSPS) is 10.7. The molecule has 0 radical (unpaired) electrons. The zero-order valence-corrected chi connectivity index (χ0v) is 15.9. The lowest BCUT2D eigenvalue weighted by Crippen LogP contribution is -2.24. The summed E-state index contributed by atoms with van der Waals surface area (Å²) in [5, 5.41) is 4.78. The quantitative estimate of drug-likeness (QED) is 0.380. The molecule has 5 nitrogen and oxygen atoms in total. The van der Waals surface area contributed by atoms with E-state index in [1.165, 1.54) is 6.21 Å². The van der Waals surface area contributed by atoms with Crippen LogP contribution in [-0.4, -0.2) is 25.3 Å². The molecule has 0 saturated heterocycles. The highest BCUT2D eigenvalue weighted by molar-refractivity contribution is 6.35. The second kappa shape index (κ2) is 10.7. The van der Waals surface area contributed by atoms with Crippen molar-refractivity contribution in [3.8, 4) is 11.5 Å². The average Bonchev–Trinajstić information content (AvgIpc) is 2.62. The number of benzene rings is 2. The Balaban J connectivity index is 1.85. The van der Waals surface area contributed by atoms with Crippen molar-refractivity contribution in [1.82, 2.24) is 5.43 Å². The molecule has 0 aliphatic carbocycles. The summed E-state index contributed by atoms with van der Waals surface area (Å²) in [6.45, 7) is 2.53. The molecule has 2 aromatic rings. The van der Waals surface area contributed by atoms with Crippen LogP contribution in [0.4, 0.5) is 0 Å². The van der Waals surface area contributed by atoms with E-state index in [1.807, 2.05) is 24.3 Å². The van der Waals surface area contributed by atoms with Crippen LogP contribution in [0.5, 0.6) is 11.5 Å². The fraction of sp³-hybridized carbons (Fsp3) is 0.263. The molecule has 0 spiro atoms. The monoisotopic (exact) mass is 394 g/mol. The van der Waals surface area contributed by atoms with Gasteiger partial charge in [-0.15, -0.1) is 0 Å². The van der Waals surface area contributed by atoms with Gasteiger partial charge in [0.15, 0.2) is 6.61 Å². The van der Waals surface area contributed by atoms with Crippen LogP contribution in [0.15, 0.2) is 47.6 Å². The van der Waals surface area contributed by atoms with Crippen LogP contribution in [0.2, 0.25) is 10.0 Å². The molecule has 2 aromatic carbocycles. The van der Waals surface area contributed by atoms with Gasteiger partial charge in [-0.1, -0.05) is 48.7 Å². The van der Waals surface area contributed by atoms with E-state index in [9.17, 15) is 4.79 Å². The fourth-order valence-corrected chi connectivity index (χ4v) is 2.45. The van der Waals surface area contributed by atoms with Gasteiger partial charge in [0, 0.05) is 10.6 Å². The number of hydrogen-bond donors (Lipinski definition) is 1. The highest BCUT2D eigenvalue weighted by Gasteiger charge is 2.06. The number of nitrogens with one attached hydrogen (secondary N) is 1. The molecular weight excluding hydrogens is 375 g/mol. The fourth-order valence-electron chi connectivity index (χ4n) is 1.99. The van der Waals surface area contributed by atoms with Gasteiger partial charge in [-0.05, 0) is 36.8 Å². The predicted molar refractivity (Wildman–Crippen MR) is 105 cm³/mol. The molecule has 0 bridgehead atoms. The maximum Gasteiger partial charge on any atom is 0.277 e. The highest BCUT2D eigenvalue weighted by atomic mass is 35.5. The van der Waals surface area contributed by atoms with Crippen LogP contribution in [0.1, 0.15) is 25.3 Å². The summed E-state index contributed by atoms with van der Waals surface area (Å²) in [4.78, 5) is 11.8. The lowest BCUT2D eigenvalue weighted by Gasteiger charge is -2.08. The van der Waals surface area contributed by atoms with Gasteiger partial charge in [-0.25, -0.2) is 5.43 Å². The summed E-state index contributed by atoms with van der Waals surface area (Å²) >= 11 is 11.8. The maximum absolute atomic E-state index is 11.8. The molecule has 2 rings (SSSR count). The number of hydrazone groups is 1. The summed E-state index contributed by atoms with van der Waals surface area (Å²) in [7, 11) is 0. The van der Waals surface area contributed by atoms with Crippen molar-refractivity contribution in [3.05, 3.63) is 58.1 Å². The SMILES string of the molecule is CCCCOc1ccccc1/C=N/NC(=O)COc1ccc(Cl)cc1Cl. The predicted octanol–water partition coefficient (Wildman–Crippen LogP) is 4.70. The third-order valence-electron chi connectivity index (χ3n) is 3.32. The van der Waals surface area contributed by atoms with Gasteiger partial charge in [0.05, 0.1) is 17.8 Å². The van der Waals surface area contributed by atoms with E-state index >= 15 is 0 Å². The summed E-state index contributed by atoms with van der Waals surface area (Å²) in [5.41, 5.74) is 3.19. The van der Waals surface area contributed by atoms with E-state index in [0.29, 0.717) is 22.4 Å². The molecule has 7 heteroatoms. The highest BCUT2D eigenvalue weighted by Crippen LogP contribution is 2.27. The first-order chi connectivity index (χ1) is 12.6. The number of para-hydroxylation sites is 1. The second-order valence-corrected chi connectivity index (χ2v) is 6.24. The van der Waals surface area contributed by atoms with Gasteiger partial charge < -0.3 is 9.47 Å². The first-order valence-electron chi connectivity index (χ1n) is 8.21. The van der Waals surface area contributed by atoms with Crippen molar-refractivity contribution in [2.75, 3.05) is 13.2 Å². The zero-order chi connectivity index (χ0) is 18.8. The Hall–Kier alpha value is -2.24. The van der Waals surface area contributed by atoms with Gasteiger partial charge in [-0.2, -0.15) is 5.10 Å². The number of carbonyl (C=O) groups is 1. The van der Waals surface area contributed by atoms with Crippen molar-refractivity contribution >= 4 is 35.3 Å². The summed E-state index contributed by atoms with van der Waals surface area (Å²) in [6, 6.07) is 12.3. The molecular formula is C19H20Cl2N2O3. The maximum atomic E-state index is 11.8. The van der Waals surface area contributed by atoms with Gasteiger partial charge in [0.2, 0.25) is 0 Å². The zero-order valence-electron chi connectivity index (χ0n) is 14.4. The van der Waals surface area contributed by atoms with Crippen molar-refractivity contribution in [2.24, 2.45) is 5.10 Å².